The number of aliphatic hydroxyl groups is 1. The van der Waals surface area contributed by atoms with Crippen LogP contribution in [0.5, 0.6) is 5.75 Å². The molecule has 0 aliphatic carbocycles. The van der Waals surface area contributed by atoms with Gasteiger partial charge >= 0.3 is 5.97 Å². The lowest BCUT2D eigenvalue weighted by Crippen LogP contribution is -2.58. The highest BCUT2D eigenvalue weighted by Gasteiger charge is 2.29. The van der Waals surface area contributed by atoms with Crippen LogP contribution < -0.4 is 27.4 Å². The Balaban J connectivity index is 2.92. The molecule has 0 radical (unpaired) electrons. The summed E-state index contributed by atoms with van der Waals surface area (Å²) >= 11 is 3.90. The fraction of sp³-hybridized carbons (Fsp3) is 0.524. The van der Waals surface area contributed by atoms with E-state index in [2.05, 4.69) is 28.6 Å². The van der Waals surface area contributed by atoms with Gasteiger partial charge in [0.05, 0.1) is 12.6 Å². The molecule has 0 aliphatic heterocycles. The van der Waals surface area contributed by atoms with Gasteiger partial charge in [0.15, 0.2) is 0 Å². The summed E-state index contributed by atoms with van der Waals surface area (Å²) in [7, 11) is 0. The molecular weight excluding hydrogens is 466 g/mol. The summed E-state index contributed by atoms with van der Waals surface area (Å²) in [5.41, 5.74) is 11.6. The SMILES string of the molecule is NCCCCC(NC(=O)C(CO)NC(=O)C(N)CS)C(=O)NC(Cc1ccc(O)cc1)C(=O)O. The largest absolute Gasteiger partial charge is 0.508 e. The van der Waals surface area contributed by atoms with Gasteiger partial charge in [-0.3, -0.25) is 14.4 Å². The number of phenolic OH excluding ortho intramolecular Hbond substituents is 1. The number of nitrogens with one attached hydrogen (secondary N) is 3. The van der Waals surface area contributed by atoms with E-state index < -0.39 is 54.5 Å². The number of aliphatic carboxylic acids is 1. The second kappa shape index (κ2) is 15.1. The molecule has 4 atom stereocenters. The fourth-order valence-electron chi connectivity index (χ4n) is 2.93. The van der Waals surface area contributed by atoms with Gasteiger partial charge < -0.3 is 42.7 Å². The maximum atomic E-state index is 12.9. The second-order valence-corrected chi connectivity index (χ2v) is 8.01. The van der Waals surface area contributed by atoms with Gasteiger partial charge in [-0.05, 0) is 43.5 Å². The van der Waals surface area contributed by atoms with Crippen molar-refractivity contribution in [3.8, 4) is 5.75 Å². The normalized spacial score (nSPS) is 14.4. The number of unbranched alkanes of at least 4 members (excludes halogenated alkanes) is 1. The van der Waals surface area contributed by atoms with E-state index in [0.717, 1.165) is 0 Å². The molecule has 0 saturated carbocycles. The van der Waals surface area contributed by atoms with E-state index in [1.165, 1.54) is 24.3 Å². The van der Waals surface area contributed by atoms with Crippen molar-refractivity contribution in [1.29, 1.82) is 0 Å². The molecule has 190 valence electrons. The highest BCUT2D eigenvalue weighted by molar-refractivity contribution is 7.80. The van der Waals surface area contributed by atoms with Crippen molar-refractivity contribution in [3.05, 3.63) is 29.8 Å². The van der Waals surface area contributed by atoms with Crippen LogP contribution in [0.2, 0.25) is 0 Å². The van der Waals surface area contributed by atoms with Crippen molar-refractivity contribution in [2.75, 3.05) is 18.9 Å². The molecule has 34 heavy (non-hydrogen) atoms. The fourth-order valence-corrected chi connectivity index (χ4v) is 3.10. The third kappa shape index (κ3) is 9.95. The molecule has 12 nitrogen and oxygen atoms in total. The van der Waals surface area contributed by atoms with Crippen molar-refractivity contribution >= 4 is 36.3 Å². The Hall–Kier alpha value is -2.87. The zero-order valence-corrected chi connectivity index (χ0v) is 19.5. The van der Waals surface area contributed by atoms with Crippen molar-refractivity contribution in [1.82, 2.24) is 16.0 Å². The summed E-state index contributed by atoms with van der Waals surface area (Å²) in [5, 5.41) is 35.6. The highest BCUT2D eigenvalue weighted by Crippen LogP contribution is 2.12. The summed E-state index contributed by atoms with van der Waals surface area (Å²) in [4.78, 5) is 49.2. The number of hydrogen-bond donors (Lipinski definition) is 9. The van der Waals surface area contributed by atoms with Gasteiger partial charge in [-0.15, -0.1) is 0 Å². The number of carbonyl (C=O) groups is 4. The Labute approximate surface area is 202 Å². The Morgan fingerprint density at radius 1 is 0.912 bits per heavy atom. The lowest BCUT2D eigenvalue weighted by Gasteiger charge is -2.24. The second-order valence-electron chi connectivity index (χ2n) is 7.65. The smallest absolute Gasteiger partial charge is 0.326 e. The molecule has 1 aromatic rings. The zero-order chi connectivity index (χ0) is 25.7. The number of nitrogens with two attached hydrogens (primary N) is 2. The van der Waals surface area contributed by atoms with Gasteiger partial charge in [0.25, 0.3) is 0 Å². The van der Waals surface area contributed by atoms with Gasteiger partial charge in [-0.1, -0.05) is 12.1 Å². The summed E-state index contributed by atoms with van der Waals surface area (Å²) in [6, 6.07) is 1.06. The van der Waals surface area contributed by atoms with E-state index in [9.17, 15) is 34.5 Å². The van der Waals surface area contributed by atoms with Gasteiger partial charge in [-0.25, -0.2) is 4.79 Å². The minimum atomic E-state index is -1.37. The third-order valence-electron chi connectivity index (χ3n) is 4.92. The molecule has 0 saturated heterocycles. The number of phenols is 1. The average molecular weight is 500 g/mol. The number of aliphatic hydroxyl groups excluding tert-OH is 1. The molecule has 0 aliphatic rings. The van der Waals surface area contributed by atoms with E-state index in [1.807, 2.05) is 0 Å². The first-order valence-electron chi connectivity index (χ1n) is 10.7. The van der Waals surface area contributed by atoms with Crippen molar-refractivity contribution in [2.45, 2.75) is 49.9 Å². The number of aromatic hydroxyl groups is 1. The zero-order valence-electron chi connectivity index (χ0n) is 18.6. The first kappa shape index (κ1) is 29.2. The number of amides is 3. The number of thiol groups is 1. The molecule has 1 rings (SSSR count). The number of carbonyl (C=O) groups excluding carboxylic acids is 3. The molecule has 0 fully saturated rings. The molecule has 0 bridgehead atoms. The van der Waals surface area contributed by atoms with Gasteiger partial charge in [0.1, 0.15) is 23.9 Å². The molecular formula is C21H33N5O7S. The summed E-state index contributed by atoms with van der Waals surface area (Å²) in [6.45, 7) is -0.384. The summed E-state index contributed by atoms with van der Waals surface area (Å²) < 4.78 is 0. The lowest BCUT2D eigenvalue weighted by molar-refractivity contribution is -0.142. The Bertz CT molecular complexity index is 824. The van der Waals surface area contributed by atoms with Crippen molar-refractivity contribution < 1.29 is 34.5 Å². The van der Waals surface area contributed by atoms with Crippen LogP contribution in [0.1, 0.15) is 24.8 Å². The maximum absolute atomic E-state index is 12.9. The molecule has 1 aromatic carbocycles. The van der Waals surface area contributed by atoms with Crippen LogP contribution in [0.15, 0.2) is 24.3 Å². The monoisotopic (exact) mass is 499 g/mol. The lowest BCUT2D eigenvalue weighted by atomic mass is 10.0. The van der Waals surface area contributed by atoms with Crippen LogP contribution in [-0.2, 0) is 25.6 Å². The van der Waals surface area contributed by atoms with Gasteiger partial charge in [0, 0.05) is 12.2 Å². The van der Waals surface area contributed by atoms with Crippen LogP contribution in [0.3, 0.4) is 0 Å². The first-order valence-corrected chi connectivity index (χ1v) is 11.3. The number of carboxylic acids is 1. The minimum absolute atomic E-state index is 0.0168. The number of hydrogen-bond acceptors (Lipinski definition) is 9. The molecule has 10 N–H and O–H groups in total. The summed E-state index contributed by atoms with van der Waals surface area (Å²) in [5.74, 6) is -3.52. The van der Waals surface area contributed by atoms with Gasteiger partial charge in [0.2, 0.25) is 17.7 Å². The number of carboxylic acid groups (broad SMARTS) is 1. The van der Waals surface area contributed by atoms with Crippen LogP contribution in [0.25, 0.3) is 0 Å². The number of benzene rings is 1. The maximum Gasteiger partial charge on any atom is 0.326 e. The predicted molar refractivity (Wildman–Crippen MR) is 127 cm³/mol. The van der Waals surface area contributed by atoms with Crippen LogP contribution in [-0.4, -0.2) is 82.1 Å². The quantitative estimate of drug-likeness (QED) is 0.0948. The Morgan fingerprint density at radius 2 is 1.47 bits per heavy atom. The van der Waals surface area contributed by atoms with Crippen LogP contribution >= 0.6 is 12.6 Å². The summed E-state index contributed by atoms with van der Waals surface area (Å²) in [6.07, 6.45) is 1.13. The third-order valence-corrected chi connectivity index (χ3v) is 5.31. The highest BCUT2D eigenvalue weighted by atomic mass is 32.1. The van der Waals surface area contributed by atoms with E-state index in [4.69, 9.17) is 11.5 Å². The predicted octanol–water partition coefficient (Wildman–Crippen LogP) is -2.15. The van der Waals surface area contributed by atoms with E-state index in [1.54, 1.807) is 0 Å². The average Bonchev–Trinajstić information content (AvgIpc) is 2.81. The molecule has 4 unspecified atom stereocenters. The standard InChI is InChI=1S/C21H33N5O7S/c22-8-2-1-3-15(24-20(31)17(10-27)26-18(29)14(23)11-34)19(30)25-16(21(32)33)9-12-4-6-13(28)7-5-12/h4-7,14-17,27-28,34H,1-3,8-11,22-23H2,(H,24,31)(H,25,30)(H,26,29)(H,32,33). The van der Waals surface area contributed by atoms with Crippen LogP contribution in [0.4, 0.5) is 0 Å². The molecule has 3 amide bonds. The number of rotatable bonds is 15. The van der Waals surface area contributed by atoms with Crippen LogP contribution in [0, 0.1) is 0 Å². The first-order chi connectivity index (χ1) is 16.1. The Morgan fingerprint density at radius 3 is 2.00 bits per heavy atom. The Kier molecular flexibility index (Phi) is 13.0. The van der Waals surface area contributed by atoms with E-state index in [-0.39, 0.29) is 24.3 Å². The van der Waals surface area contributed by atoms with Gasteiger partial charge in [-0.2, -0.15) is 12.6 Å². The van der Waals surface area contributed by atoms with Crippen molar-refractivity contribution in [3.63, 3.8) is 0 Å². The van der Waals surface area contributed by atoms with E-state index >= 15 is 0 Å². The van der Waals surface area contributed by atoms with E-state index in [0.29, 0.717) is 24.9 Å². The molecule has 0 aromatic heterocycles. The minimum Gasteiger partial charge on any atom is -0.508 e. The molecule has 13 heteroatoms. The molecule has 0 heterocycles. The topological polar surface area (TPSA) is 217 Å². The molecule has 0 spiro atoms. The van der Waals surface area contributed by atoms with Crippen molar-refractivity contribution in [2.24, 2.45) is 11.5 Å².